The average Bonchev–Trinajstić information content (AvgIpc) is 2.72. The molecule has 0 radical (unpaired) electrons. The Kier molecular flexibility index (Phi) is 7.17. The van der Waals surface area contributed by atoms with Crippen molar-refractivity contribution in [2.24, 2.45) is 5.92 Å². The Labute approximate surface area is 159 Å². The second-order valence-electron chi connectivity index (χ2n) is 7.85. The maximum atomic E-state index is 5.68. The quantitative estimate of drug-likeness (QED) is 0.476. The Morgan fingerprint density at radius 3 is 1.96 bits per heavy atom. The van der Waals surface area contributed by atoms with Gasteiger partial charge in [-0.2, -0.15) is 0 Å². The highest BCUT2D eigenvalue weighted by atomic mass is 16.5. The fraction of sp³-hybridized carbons (Fsp3) is 0.520. The summed E-state index contributed by atoms with van der Waals surface area (Å²) >= 11 is 0. The van der Waals surface area contributed by atoms with Crippen molar-refractivity contribution in [1.82, 2.24) is 0 Å². The molecule has 1 aliphatic rings. The number of benzene rings is 2. The van der Waals surface area contributed by atoms with Crippen LogP contribution in [0.3, 0.4) is 0 Å². The molecular weight excluding hydrogens is 316 g/mol. The van der Waals surface area contributed by atoms with Crippen LogP contribution in [-0.4, -0.2) is 6.61 Å². The van der Waals surface area contributed by atoms with Gasteiger partial charge >= 0.3 is 0 Å². The summed E-state index contributed by atoms with van der Waals surface area (Å²) < 4.78 is 5.68. The molecule has 0 saturated heterocycles. The van der Waals surface area contributed by atoms with E-state index >= 15 is 0 Å². The van der Waals surface area contributed by atoms with Gasteiger partial charge in [0.15, 0.2) is 0 Å². The zero-order chi connectivity index (χ0) is 18.2. The second kappa shape index (κ2) is 9.80. The van der Waals surface area contributed by atoms with Crippen LogP contribution < -0.4 is 4.74 Å². The lowest BCUT2D eigenvalue weighted by atomic mass is 9.77. The molecule has 1 saturated carbocycles. The minimum atomic E-state index is 0.770. The van der Waals surface area contributed by atoms with Gasteiger partial charge in [0.05, 0.1) is 6.61 Å². The molecule has 0 heterocycles. The van der Waals surface area contributed by atoms with Crippen molar-refractivity contribution in [3.8, 4) is 16.9 Å². The summed E-state index contributed by atoms with van der Waals surface area (Å²) in [6.07, 6.45) is 10.8. The Bertz CT molecular complexity index is 633. The van der Waals surface area contributed by atoms with E-state index in [9.17, 15) is 0 Å². The lowest BCUT2D eigenvalue weighted by Crippen LogP contribution is -2.13. The molecule has 2 aromatic rings. The fourth-order valence-electron chi connectivity index (χ4n) is 4.19. The largest absolute Gasteiger partial charge is 0.494 e. The topological polar surface area (TPSA) is 9.23 Å². The van der Waals surface area contributed by atoms with Crippen molar-refractivity contribution < 1.29 is 4.74 Å². The second-order valence-corrected chi connectivity index (χ2v) is 7.85. The molecule has 0 unspecified atom stereocenters. The van der Waals surface area contributed by atoms with Crippen molar-refractivity contribution in [2.75, 3.05) is 6.61 Å². The van der Waals surface area contributed by atoms with Gasteiger partial charge in [0, 0.05) is 0 Å². The van der Waals surface area contributed by atoms with E-state index in [0.29, 0.717) is 0 Å². The maximum absolute atomic E-state index is 5.68. The Morgan fingerprint density at radius 1 is 0.769 bits per heavy atom. The van der Waals surface area contributed by atoms with Crippen LogP contribution in [0.15, 0.2) is 48.5 Å². The number of hydrogen-bond acceptors (Lipinski definition) is 1. The van der Waals surface area contributed by atoms with E-state index in [0.717, 1.165) is 30.6 Å². The number of rotatable bonds is 8. The van der Waals surface area contributed by atoms with Crippen LogP contribution in [0.4, 0.5) is 0 Å². The molecule has 140 valence electrons. The van der Waals surface area contributed by atoms with Gasteiger partial charge < -0.3 is 4.74 Å². The number of hydrogen-bond donors (Lipinski definition) is 0. The van der Waals surface area contributed by atoms with Crippen molar-refractivity contribution >= 4 is 0 Å². The van der Waals surface area contributed by atoms with Crippen molar-refractivity contribution in [3.63, 3.8) is 0 Å². The van der Waals surface area contributed by atoms with Gasteiger partial charge in [0.1, 0.15) is 5.75 Å². The first kappa shape index (κ1) is 19.0. The minimum Gasteiger partial charge on any atom is -0.494 e. The molecule has 1 fully saturated rings. The first-order valence-electron chi connectivity index (χ1n) is 10.6. The Balaban J connectivity index is 1.57. The van der Waals surface area contributed by atoms with Gasteiger partial charge in [0.2, 0.25) is 0 Å². The molecule has 0 spiro atoms. The summed E-state index contributed by atoms with van der Waals surface area (Å²) in [7, 11) is 0. The van der Waals surface area contributed by atoms with Crippen LogP contribution in [0.2, 0.25) is 0 Å². The third-order valence-corrected chi connectivity index (χ3v) is 5.86. The highest BCUT2D eigenvalue weighted by Crippen LogP contribution is 2.38. The Hall–Kier alpha value is -1.76. The van der Waals surface area contributed by atoms with Crippen LogP contribution >= 0.6 is 0 Å². The summed E-state index contributed by atoms with van der Waals surface area (Å²) in [6.45, 7) is 5.22. The van der Waals surface area contributed by atoms with E-state index < -0.39 is 0 Å². The number of ether oxygens (including phenoxy) is 1. The molecule has 0 bridgehead atoms. The van der Waals surface area contributed by atoms with E-state index in [1.165, 1.54) is 61.6 Å². The number of unbranched alkanes of at least 4 members (excludes halogenated alkanes) is 1. The average molecular weight is 351 g/mol. The van der Waals surface area contributed by atoms with E-state index in [1.807, 2.05) is 0 Å². The minimum absolute atomic E-state index is 0.770. The highest BCUT2D eigenvalue weighted by Gasteiger charge is 2.21. The fourth-order valence-corrected chi connectivity index (χ4v) is 4.19. The molecule has 0 N–H and O–H groups in total. The van der Waals surface area contributed by atoms with Crippen LogP contribution in [0.5, 0.6) is 5.75 Å². The first-order valence-corrected chi connectivity index (χ1v) is 10.6. The van der Waals surface area contributed by atoms with Crippen molar-refractivity contribution in [2.45, 2.75) is 71.1 Å². The molecule has 2 aromatic carbocycles. The normalized spacial score (nSPS) is 20.1. The van der Waals surface area contributed by atoms with Crippen molar-refractivity contribution in [1.29, 1.82) is 0 Å². The Morgan fingerprint density at radius 2 is 1.38 bits per heavy atom. The molecule has 0 aliphatic heterocycles. The molecular formula is C25H34O. The lowest BCUT2D eigenvalue weighted by molar-refractivity contribution is 0.304. The smallest absolute Gasteiger partial charge is 0.119 e. The molecule has 0 aromatic heterocycles. The van der Waals surface area contributed by atoms with E-state index in [-0.39, 0.29) is 0 Å². The SMILES string of the molecule is CCCCC1CCC(c2ccc(-c3ccc(OCCC)cc3)cc2)CC1. The summed E-state index contributed by atoms with van der Waals surface area (Å²) in [5, 5.41) is 0. The molecule has 0 amide bonds. The predicted octanol–water partition coefficient (Wildman–Crippen LogP) is 7.61. The highest BCUT2D eigenvalue weighted by molar-refractivity contribution is 5.64. The zero-order valence-corrected chi connectivity index (χ0v) is 16.5. The summed E-state index contributed by atoms with van der Waals surface area (Å²) in [6, 6.07) is 17.8. The molecule has 26 heavy (non-hydrogen) atoms. The summed E-state index contributed by atoms with van der Waals surface area (Å²) in [5.74, 6) is 2.72. The molecule has 1 aliphatic carbocycles. The molecule has 3 rings (SSSR count). The monoisotopic (exact) mass is 350 g/mol. The third-order valence-electron chi connectivity index (χ3n) is 5.86. The lowest BCUT2D eigenvalue weighted by Gasteiger charge is -2.29. The maximum Gasteiger partial charge on any atom is 0.119 e. The van der Waals surface area contributed by atoms with Gasteiger partial charge in [-0.05, 0) is 72.8 Å². The van der Waals surface area contributed by atoms with Gasteiger partial charge in [-0.15, -0.1) is 0 Å². The molecule has 0 atom stereocenters. The van der Waals surface area contributed by atoms with E-state index in [4.69, 9.17) is 4.74 Å². The molecule has 1 heteroatoms. The van der Waals surface area contributed by atoms with Gasteiger partial charge in [0.25, 0.3) is 0 Å². The van der Waals surface area contributed by atoms with Crippen LogP contribution in [0.25, 0.3) is 11.1 Å². The van der Waals surface area contributed by atoms with E-state index in [2.05, 4.69) is 62.4 Å². The van der Waals surface area contributed by atoms with Gasteiger partial charge in [-0.1, -0.05) is 69.5 Å². The van der Waals surface area contributed by atoms with Crippen LogP contribution in [-0.2, 0) is 0 Å². The first-order chi connectivity index (χ1) is 12.8. The summed E-state index contributed by atoms with van der Waals surface area (Å²) in [4.78, 5) is 0. The van der Waals surface area contributed by atoms with E-state index in [1.54, 1.807) is 0 Å². The molecule has 1 nitrogen and oxygen atoms in total. The van der Waals surface area contributed by atoms with Gasteiger partial charge in [-0.3, -0.25) is 0 Å². The predicted molar refractivity (Wildman–Crippen MR) is 112 cm³/mol. The third kappa shape index (κ3) is 5.13. The standard InChI is InChI=1S/C25H34O/c1-3-5-6-20-7-9-21(10-8-20)22-11-13-23(14-12-22)24-15-17-25(18-16-24)26-19-4-2/h11-18,20-21H,3-10,19H2,1-2H3. The van der Waals surface area contributed by atoms with Crippen molar-refractivity contribution in [3.05, 3.63) is 54.1 Å². The zero-order valence-electron chi connectivity index (χ0n) is 16.5. The van der Waals surface area contributed by atoms with Crippen LogP contribution in [0, 0.1) is 5.92 Å². The summed E-state index contributed by atoms with van der Waals surface area (Å²) in [5.41, 5.74) is 4.10. The van der Waals surface area contributed by atoms with Crippen LogP contribution in [0.1, 0.15) is 76.7 Å². The van der Waals surface area contributed by atoms with Gasteiger partial charge in [-0.25, -0.2) is 0 Å².